The van der Waals surface area contributed by atoms with Crippen LogP contribution in [0.4, 0.5) is 11.4 Å². The van der Waals surface area contributed by atoms with Gasteiger partial charge in [-0.3, -0.25) is 0 Å². The van der Waals surface area contributed by atoms with Crippen molar-refractivity contribution in [2.24, 2.45) is 4.99 Å². The molecule has 22 heavy (non-hydrogen) atoms. The Morgan fingerprint density at radius 1 is 1.23 bits per heavy atom. The molecule has 0 spiro atoms. The van der Waals surface area contributed by atoms with Crippen LogP contribution in [0.25, 0.3) is 0 Å². The molecule has 0 amide bonds. The summed E-state index contributed by atoms with van der Waals surface area (Å²) in [7, 11) is 0. The fourth-order valence-electron chi connectivity index (χ4n) is 2.40. The first-order valence-corrected chi connectivity index (χ1v) is 7.61. The smallest absolute Gasteiger partial charge is 0.195 e. The van der Waals surface area contributed by atoms with Crippen LogP contribution in [0, 0.1) is 0 Å². The summed E-state index contributed by atoms with van der Waals surface area (Å²) in [6, 6.07) is 11.3. The van der Waals surface area contributed by atoms with Crippen LogP contribution in [0.15, 0.2) is 41.4 Å². The molecule has 2 aromatic carbocycles. The van der Waals surface area contributed by atoms with E-state index in [9.17, 15) is 0 Å². The fourth-order valence-corrected chi connectivity index (χ4v) is 2.66. The van der Waals surface area contributed by atoms with Gasteiger partial charge in [-0.1, -0.05) is 30.5 Å². The highest BCUT2D eigenvalue weighted by atomic mass is 35.5. The zero-order valence-corrected chi connectivity index (χ0v) is 13.9. The van der Waals surface area contributed by atoms with Crippen molar-refractivity contribution < 1.29 is 4.74 Å². The second kappa shape index (κ2) is 5.41. The average Bonchev–Trinajstić information content (AvgIpc) is 2.47. The molecule has 0 radical (unpaired) electrons. The van der Waals surface area contributed by atoms with Gasteiger partial charge in [-0.2, -0.15) is 0 Å². The second-order valence-corrected chi connectivity index (χ2v) is 6.20. The molecule has 0 aromatic heterocycles. The molecule has 2 aromatic rings. The lowest BCUT2D eigenvalue weighted by molar-refractivity contribution is 0.115. The SMILES string of the molecule is CC1(C)N=C(c2ccc(Cl)c(N)c2)c2ccc(NS)cc2O1. The predicted molar refractivity (Wildman–Crippen MR) is 95.3 cm³/mol. The van der Waals surface area contributed by atoms with Gasteiger partial charge >= 0.3 is 0 Å². The highest BCUT2D eigenvalue weighted by molar-refractivity contribution is 7.81. The number of halogens is 1. The maximum Gasteiger partial charge on any atom is 0.195 e. The van der Waals surface area contributed by atoms with Crippen LogP contribution < -0.4 is 15.2 Å². The molecule has 0 aliphatic carbocycles. The van der Waals surface area contributed by atoms with Gasteiger partial charge in [0.05, 0.1) is 16.4 Å². The van der Waals surface area contributed by atoms with Crippen LogP contribution in [0.1, 0.15) is 25.0 Å². The van der Waals surface area contributed by atoms with Gasteiger partial charge in [0.1, 0.15) is 5.75 Å². The summed E-state index contributed by atoms with van der Waals surface area (Å²) in [6.07, 6.45) is 0. The predicted octanol–water partition coefficient (Wildman–Crippen LogP) is 4.14. The van der Waals surface area contributed by atoms with E-state index in [0.717, 1.165) is 28.3 Å². The van der Waals surface area contributed by atoms with Gasteiger partial charge < -0.3 is 15.2 Å². The Morgan fingerprint density at radius 3 is 2.68 bits per heavy atom. The number of fused-ring (bicyclic) bond motifs is 1. The summed E-state index contributed by atoms with van der Waals surface area (Å²) in [5, 5.41) is 0.533. The third-order valence-corrected chi connectivity index (χ3v) is 3.98. The van der Waals surface area contributed by atoms with E-state index >= 15 is 0 Å². The summed E-state index contributed by atoms with van der Waals surface area (Å²) >= 11 is 10.1. The van der Waals surface area contributed by atoms with Crippen molar-refractivity contribution in [1.82, 2.24) is 0 Å². The van der Waals surface area contributed by atoms with E-state index in [4.69, 9.17) is 27.1 Å². The van der Waals surface area contributed by atoms with Crippen LogP contribution in [0.3, 0.4) is 0 Å². The van der Waals surface area contributed by atoms with Gasteiger partial charge in [0.25, 0.3) is 0 Å². The Bertz CT molecular complexity index is 774. The molecule has 6 heteroatoms. The average molecular weight is 334 g/mol. The number of thiol groups is 1. The number of ether oxygens (including phenoxy) is 1. The Morgan fingerprint density at radius 2 is 2.00 bits per heavy atom. The van der Waals surface area contributed by atoms with Crippen molar-refractivity contribution in [1.29, 1.82) is 0 Å². The zero-order chi connectivity index (χ0) is 15.9. The molecule has 0 fully saturated rings. The zero-order valence-electron chi connectivity index (χ0n) is 12.2. The van der Waals surface area contributed by atoms with E-state index in [2.05, 4.69) is 17.5 Å². The maximum absolute atomic E-state index is 6.01. The summed E-state index contributed by atoms with van der Waals surface area (Å²) in [6.45, 7) is 3.83. The molecule has 0 saturated carbocycles. The second-order valence-electron chi connectivity index (χ2n) is 5.57. The van der Waals surface area contributed by atoms with Crippen LogP contribution in [0.2, 0.25) is 5.02 Å². The number of nitrogens with two attached hydrogens (primary N) is 1. The number of rotatable bonds is 2. The molecule has 1 aliphatic heterocycles. The maximum atomic E-state index is 6.01. The van der Waals surface area contributed by atoms with Crippen molar-refractivity contribution in [3.63, 3.8) is 0 Å². The molecule has 1 heterocycles. The summed E-state index contributed by atoms with van der Waals surface area (Å²) in [5.41, 5.74) is 9.30. The van der Waals surface area contributed by atoms with Gasteiger partial charge in [-0.15, -0.1) is 0 Å². The topological polar surface area (TPSA) is 59.6 Å². The molecule has 1 aliphatic rings. The van der Waals surface area contributed by atoms with Gasteiger partial charge in [0.2, 0.25) is 0 Å². The third kappa shape index (κ3) is 2.74. The molecule has 0 unspecified atom stereocenters. The first-order valence-electron chi connectivity index (χ1n) is 6.78. The van der Waals surface area contributed by atoms with Gasteiger partial charge in [0.15, 0.2) is 5.72 Å². The molecule has 0 saturated heterocycles. The van der Waals surface area contributed by atoms with E-state index in [1.54, 1.807) is 6.07 Å². The lowest BCUT2D eigenvalue weighted by Gasteiger charge is -2.30. The number of hydrogen-bond acceptors (Lipinski definition) is 5. The van der Waals surface area contributed by atoms with Gasteiger partial charge in [-0.25, -0.2) is 4.99 Å². The number of hydrogen-bond donors (Lipinski definition) is 3. The quantitative estimate of drug-likeness (QED) is 0.571. The van der Waals surface area contributed by atoms with Crippen LogP contribution in [-0.2, 0) is 0 Å². The van der Waals surface area contributed by atoms with E-state index in [0.29, 0.717) is 10.7 Å². The van der Waals surface area contributed by atoms with E-state index < -0.39 is 5.72 Å². The number of nitrogens with one attached hydrogen (secondary N) is 1. The molecular formula is C16H16ClN3OS. The Kier molecular flexibility index (Phi) is 3.70. The van der Waals surface area contributed by atoms with Crippen molar-refractivity contribution in [2.45, 2.75) is 19.6 Å². The Hall–Kier alpha value is -1.85. The molecule has 0 bridgehead atoms. The summed E-state index contributed by atoms with van der Waals surface area (Å²) in [4.78, 5) is 4.71. The fraction of sp³-hybridized carbons (Fsp3) is 0.188. The summed E-state index contributed by atoms with van der Waals surface area (Å²) in [5.74, 6) is 0.752. The molecule has 3 rings (SSSR count). The monoisotopic (exact) mass is 333 g/mol. The molecule has 0 atom stereocenters. The van der Waals surface area contributed by atoms with Crippen LogP contribution >= 0.6 is 24.4 Å². The highest BCUT2D eigenvalue weighted by Gasteiger charge is 2.29. The van der Waals surface area contributed by atoms with Crippen LogP contribution in [-0.4, -0.2) is 11.4 Å². The number of aliphatic imine (C=N–C) groups is 1. The first kappa shape index (κ1) is 15.1. The molecule has 4 nitrogen and oxygen atoms in total. The van der Waals surface area contributed by atoms with E-state index in [1.807, 2.05) is 44.2 Å². The van der Waals surface area contributed by atoms with Gasteiger partial charge in [-0.05, 0) is 38.1 Å². The summed E-state index contributed by atoms with van der Waals surface area (Å²) < 4.78 is 8.76. The number of nitrogens with zero attached hydrogens (tertiary/aromatic N) is 1. The Labute approximate surface area is 139 Å². The standard InChI is InChI=1S/C16H16ClN3OS/c1-16(2)19-15(9-3-6-12(17)13(18)7-9)11-5-4-10(20-22)8-14(11)21-16/h3-8,20,22H,18H2,1-2H3. The highest BCUT2D eigenvalue weighted by Crippen LogP contribution is 2.35. The van der Waals surface area contributed by atoms with Crippen molar-refractivity contribution in [3.8, 4) is 5.75 Å². The van der Waals surface area contributed by atoms with Crippen molar-refractivity contribution >= 4 is 41.5 Å². The largest absolute Gasteiger partial charge is 0.466 e. The minimum Gasteiger partial charge on any atom is -0.466 e. The molecule has 114 valence electrons. The molecule has 3 N–H and O–H groups in total. The lowest BCUT2D eigenvalue weighted by atomic mass is 9.98. The third-order valence-electron chi connectivity index (χ3n) is 3.38. The van der Waals surface area contributed by atoms with Crippen molar-refractivity contribution in [3.05, 3.63) is 52.5 Å². The van der Waals surface area contributed by atoms with E-state index in [-0.39, 0.29) is 0 Å². The Balaban J connectivity index is 2.17. The minimum absolute atomic E-state index is 0.529. The van der Waals surface area contributed by atoms with Crippen molar-refractivity contribution in [2.75, 3.05) is 10.5 Å². The van der Waals surface area contributed by atoms with E-state index in [1.165, 1.54) is 0 Å². The number of benzene rings is 2. The molecular weight excluding hydrogens is 318 g/mol. The number of nitrogen functional groups attached to an aromatic ring is 1. The van der Waals surface area contributed by atoms with Gasteiger partial charge in [0, 0.05) is 22.9 Å². The lowest BCUT2D eigenvalue weighted by Crippen LogP contribution is -2.32. The normalized spacial score (nSPS) is 15.5. The minimum atomic E-state index is -0.661. The number of anilines is 2. The van der Waals surface area contributed by atoms with Crippen LogP contribution in [0.5, 0.6) is 5.75 Å². The first-order chi connectivity index (χ1) is 10.4.